The highest BCUT2D eigenvalue weighted by Gasteiger charge is 2.07. The van der Waals surface area contributed by atoms with E-state index in [4.69, 9.17) is 23.2 Å². The Balaban J connectivity index is 2.19. The number of hydrogen-bond donors (Lipinski definition) is 2. The summed E-state index contributed by atoms with van der Waals surface area (Å²) in [7, 11) is 1.61. The van der Waals surface area contributed by atoms with Crippen molar-refractivity contribution >= 4 is 34.8 Å². The van der Waals surface area contributed by atoms with Gasteiger partial charge in [-0.3, -0.25) is 4.79 Å². The number of aryl methyl sites for hydroxylation is 1. The van der Waals surface area contributed by atoms with Crippen LogP contribution in [0.2, 0.25) is 10.0 Å². The molecular formula is C16H16Cl2N2O. The number of nitrogens with one attached hydrogen (secondary N) is 2. The van der Waals surface area contributed by atoms with E-state index in [2.05, 4.69) is 10.6 Å². The predicted molar refractivity (Wildman–Crippen MR) is 88.4 cm³/mol. The van der Waals surface area contributed by atoms with Gasteiger partial charge in [0.15, 0.2) is 0 Å². The molecule has 0 bridgehead atoms. The minimum Gasteiger partial charge on any atom is -0.381 e. The summed E-state index contributed by atoms with van der Waals surface area (Å²) in [5.41, 5.74) is 3.48. The van der Waals surface area contributed by atoms with Crippen LogP contribution in [-0.2, 0) is 6.54 Å². The summed E-state index contributed by atoms with van der Waals surface area (Å²) in [4.78, 5) is 11.7. The molecule has 1 amide bonds. The van der Waals surface area contributed by atoms with E-state index in [1.807, 2.05) is 25.1 Å². The molecule has 0 spiro atoms. The summed E-state index contributed by atoms with van der Waals surface area (Å²) in [5.74, 6) is -0.112. The molecule has 0 aromatic heterocycles. The van der Waals surface area contributed by atoms with Gasteiger partial charge in [-0.05, 0) is 48.4 Å². The largest absolute Gasteiger partial charge is 0.381 e. The van der Waals surface area contributed by atoms with Crippen molar-refractivity contribution in [3.05, 3.63) is 63.1 Å². The molecule has 2 aromatic rings. The van der Waals surface area contributed by atoms with Crippen molar-refractivity contribution in [1.29, 1.82) is 0 Å². The van der Waals surface area contributed by atoms with Crippen LogP contribution in [0.5, 0.6) is 0 Å². The molecule has 0 unspecified atom stereocenters. The number of halogens is 2. The molecule has 0 saturated carbocycles. The highest BCUT2D eigenvalue weighted by atomic mass is 35.5. The zero-order valence-electron chi connectivity index (χ0n) is 11.8. The van der Waals surface area contributed by atoms with Gasteiger partial charge in [0.1, 0.15) is 0 Å². The minimum atomic E-state index is -0.112. The lowest BCUT2D eigenvalue weighted by molar-refractivity contribution is 0.0963. The average Bonchev–Trinajstić information content (AvgIpc) is 2.48. The number of amides is 1. The molecule has 21 heavy (non-hydrogen) atoms. The third-order valence-electron chi connectivity index (χ3n) is 3.20. The molecule has 2 rings (SSSR count). The van der Waals surface area contributed by atoms with E-state index in [0.717, 1.165) is 16.8 Å². The van der Waals surface area contributed by atoms with E-state index in [0.29, 0.717) is 22.2 Å². The lowest BCUT2D eigenvalue weighted by Gasteiger charge is -2.12. The van der Waals surface area contributed by atoms with Crippen molar-refractivity contribution < 1.29 is 4.79 Å². The Morgan fingerprint density at radius 3 is 2.62 bits per heavy atom. The maximum absolute atomic E-state index is 11.7. The van der Waals surface area contributed by atoms with E-state index in [1.165, 1.54) is 0 Å². The normalized spacial score (nSPS) is 10.3. The van der Waals surface area contributed by atoms with E-state index < -0.39 is 0 Å². The first-order chi connectivity index (χ1) is 10.0. The Hall–Kier alpha value is -1.71. The first kappa shape index (κ1) is 15.7. The van der Waals surface area contributed by atoms with Crippen molar-refractivity contribution in [2.24, 2.45) is 0 Å². The molecule has 110 valence electrons. The van der Waals surface area contributed by atoms with Crippen LogP contribution in [-0.4, -0.2) is 13.0 Å². The van der Waals surface area contributed by atoms with Crippen molar-refractivity contribution in [3.63, 3.8) is 0 Å². The highest BCUT2D eigenvalue weighted by Crippen LogP contribution is 2.23. The zero-order chi connectivity index (χ0) is 15.4. The Kier molecular flexibility index (Phi) is 5.10. The second-order valence-electron chi connectivity index (χ2n) is 4.70. The van der Waals surface area contributed by atoms with Gasteiger partial charge in [-0.25, -0.2) is 0 Å². The highest BCUT2D eigenvalue weighted by molar-refractivity contribution is 6.33. The van der Waals surface area contributed by atoms with Crippen LogP contribution in [0.1, 0.15) is 21.5 Å². The maximum Gasteiger partial charge on any atom is 0.251 e. The van der Waals surface area contributed by atoms with Crippen LogP contribution in [0.25, 0.3) is 0 Å². The minimum absolute atomic E-state index is 0.112. The van der Waals surface area contributed by atoms with Crippen LogP contribution in [0.15, 0.2) is 36.4 Å². The summed E-state index contributed by atoms with van der Waals surface area (Å²) in [6.45, 7) is 2.52. The molecule has 0 saturated heterocycles. The number of hydrogen-bond acceptors (Lipinski definition) is 2. The SMILES string of the molecule is CNC(=O)c1ccc(C)c(NCc2cc(Cl)ccc2Cl)c1. The van der Waals surface area contributed by atoms with E-state index in [9.17, 15) is 4.79 Å². The third kappa shape index (κ3) is 3.90. The van der Waals surface area contributed by atoms with Gasteiger partial charge in [0.2, 0.25) is 0 Å². The summed E-state index contributed by atoms with van der Waals surface area (Å²) in [6.07, 6.45) is 0. The Labute approximate surface area is 134 Å². The van der Waals surface area contributed by atoms with Crippen LogP contribution in [0.4, 0.5) is 5.69 Å². The Morgan fingerprint density at radius 1 is 1.14 bits per heavy atom. The van der Waals surface area contributed by atoms with Crippen molar-refractivity contribution in [1.82, 2.24) is 5.32 Å². The first-order valence-electron chi connectivity index (χ1n) is 6.52. The molecule has 0 atom stereocenters. The topological polar surface area (TPSA) is 41.1 Å². The van der Waals surface area contributed by atoms with Gasteiger partial charge in [-0.15, -0.1) is 0 Å². The summed E-state index contributed by atoms with van der Waals surface area (Å²) < 4.78 is 0. The number of carbonyl (C=O) groups is 1. The Bertz CT molecular complexity index is 671. The maximum atomic E-state index is 11.7. The molecule has 0 aliphatic rings. The zero-order valence-corrected chi connectivity index (χ0v) is 13.3. The molecule has 5 heteroatoms. The average molecular weight is 323 g/mol. The lowest BCUT2D eigenvalue weighted by atomic mass is 10.1. The number of benzene rings is 2. The second-order valence-corrected chi connectivity index (χ2v) is 5.54. The molecular weight excluding hydrogens is 307 g/mol. The molecule has 0 fully saturated rings. The smallest absolute Gasteiger partial charge is 0.251 e. The fraction of sp³-hybridized carbons (Fsp3) is 0.188. The van der Waals surface area contributed by atoms with Gasteiger partial charge in [0, 0.05) is 34.9 Å². The molecule has 0 radical (unpaired) electrons. The van der Waals surface area contributed by atoms with Crippen molar-refractivity contribution in [2.75, 3.05) is 12.4 Å². The first-order valence-corrected chi connectivity index (χ1v) is 7.27. The quantitative estimate of drug-likeness (QED) is 0.882. The predicted octanol–water partition coefficient (Wildman–Crippen LogP) is 4.27. The van der Waals surface area contributed by atoms with E-state index in [1.54, 1.807) is 25.2 Å². The monoisotopic (exact) mass is 322 g/mol. The summed E-state index contributed by atoms with van der Waals surface area (Å²) in [6, 6.07) is 10.9. The van der Waals surface area contributed by atoms with Crippen LogP contribution >= 0.6 is 23.2 Å². The van der Waals surface area contributed by atoms with Crippen LogP contribution < -0.4 is 10.6 Å². The fourth-order valence-corrected chi connectivity index (χ4v) is 2.35. The summed E-state index contributed by atoms with van der Waals surface area (Å²) >= 11 is 12.1. The van der Waals surface area contributed by atoms with Gasteiger partial charge in [0.05, 0.1) is 0 Å². The molecule has 3 nitrogen and oxygen atoms in total. The third-order valence-corrected chi connectivity index (χ3v) is 3.81. The number of rotatable bonds is 4. The Morgan fingerprint density at radius 2 is 1.90 bits per heavy atom. The summed E-state index contributed by atoms with van der Waals surface area (Å²) in [5, 5.41) is 7.21. The standard InChI is InChI=1S/C16H16Cl2N2O/c1-10-3-4-11(16(21)19-2)8-15(10)20-9-12-7-13(17)5-6-14(12)18/h3-8,20H,9H2,1-2H3,(H,19,21). The molecule has 0 heterocycles. The van der Waals surface area contributed by atoms with Crippen LogP contribution in [0.3, 0.4) is 0 Å². The van der Waals surface area contributed by atoms with Crippen LogP contribution in [0, 0.1) is 6.92 Å². The number of anilines is 1. The van der Waals surface area contributed by atoms with Gasteiger partial charge in [-0.1, -0.05) is 29.3 Å². The van der Waals surface area contributed by atoms with Crippen molar-refractivity contribution in [3.8, 4) is 0 Å². The molecule has 2 aromatic carbocycles. The van der Waals surface area contributed by atoms with E-state index >= 15 is 0 Å². The van der Waals surface area contributed by atoms with Gasteiger partial charge in [-0.2, -0.15) is 0 Å². The van der Waals surface area contributed by atoms with Crippen molar-refractivity contribution in [2.45, 2.75) is 13.5 Å². The van der Waals surface area contributed by atoms with E-state index in [-0.39, 0.29) is 5.91 Å². The van der Waals surface area contributed by atoms with Gasteiger partial charge < -0.3 is 10.6 Å². The van der Waals surface area contributed by atoms with Gasteiger partial charge >= 0.3 is 0 Å². The molecule has 0 aliphatic heterocycles. The van der Waals surface area contributed by atoms with Gasteiger partial charge in [0.25, 0.3) is 5.91 Å². The molecule has 0 aliphatic carbocycles. The lowest BCUT2D eigenvalue weighted by Crippen LogP contribution is -2.18. The second kappa shape index (κ2) is 6.83. The molecule has 2 N–H and O–H groups in total. The number of carbonyl (C=O) groups excluding carboxylic acids is 1. The fourth-order valence-electron chi connectivity index (χ4n) is 1.97.